The molecule has 142 valence electrons. The Morgan fingerprint density at radius 1 is 1.25 bits per heavy atom. The first-order chi connectivity index (χ1) is 13.6. The minimum absolute atomic E-state index is 0.111. The number of benzene rings is 2. The van der Waals surface area contributed by atoms with Crippen molar-refractivity contribution in [1.29, 1.82) is 0 Å². The van der Waals surface area contributed by atoms with Crippen LogP contribution in [0.1, 0.15) is 10.4 Å². The zero-order valence-electron chi connectivity index (χ0n) is 14.8. The van der Waals surface area contributed by atoms with Crippen LogP contribution in [0.25, 0.3) is 21.2 Å². The van der Waals surface area contributed by atoms with Gasteiger partial charge in [0.1, 0.15) is 11.1 Å². The van der Waals surface area contributed by atoms with Gasteiger partial charge in [0, 0.05) is 19.0 Å². The molecule has 0 spiro atoms. The largest absolute Gasteiger partial charge is 0.422 e. The van der Waals surface area contributed by atoms with E-state index in [2.05, 4.69) is 4.99 Å². The lowest BCUT2D eigenvalue weighted by Gasteiger charge is -2.05. The molecule has 1 amide bonds. The molecule has 0 saturated heterocycles. The van der Waals surface area contributed by atoms with Crippen molar-refractivity contribution in [2.45, 2.75) is 6.54 Å². The molecule has 0 atom stereocenters. The number of amides is 1. The maximum Gasteiger partial charge on any atom is 0.349 e. The quantitative estimate of drug-likeness (QED) is 0.475. The predicted octanol–water partition coefficient (Wildman–Crippen LogP) is 3.85. The number of methoxy groups -OCH3 is 1. The summed E-state index contributed by atoms with van der Waals surface area (Å²) in [5.74, 6) is -0.659. The van der Waals surface area contributed by atoms with E-state index >= 15 is 0 Å². The lowest BCUT2D eigenvalue weighted by molar-refractivity contribution is 0.0994. The molecule has 0 aliphatic rings. The fourth-order valence-corrected chi connectivity index (χ4v) is 4.33. The highest BCUT2D eigenvalue weighted by molar-refractivity contribution is 7.16. The highest BCUT2D eigenvalue weighted by Gasteiger charge is 2.15. The Hall–Kier alpha value is -2.74. The molecule has 2 aromatic heterocycles. The van der Waals surface area contributed by atoms with Gasteiger partial charge >= 0.3 is 5.63 Å². The molecule has 0 aliphatic heterocycles. The lowest BCUT2D eigenvalue weighted by Crippen LogP contribution is -2.21. The minimum atomic E-state index is -0.713. The van der Waals surface area contributed by atoms with Gasteiger partial charge in [0.05, 0.1) is 21.8 Å². The molecule has 0 N–H and O–H groups in total. The molecule has 4 aromatic rings. The Labute approximate surface area is 168 Å². The standard InChI is InChI=1S/C20H15ClN2O4S/c1-26-10-9-23-17-14(21)6-4-8-16(17)28-20(23)22-18(24)13-11-12-5-2-3-7-15(12)27-19(13)25/h2-8,11H,9-10H2,1H3. The molecule has 28 heavy (non-hydrogen) atoms. The third-order valence-corrected chi connectivity index (χ3v) is 5.59. The summed E-state index contributed by atoms with van der Waals surface area (Å²) in [6.45, 7) is 0.898. The first-order valence-electron chi connectivity index (χ1n) is 8.47. The van der Waals surface area contributed by atoms with E-state index in [1.165, 1.54) is 17.4 Å². The summed E-state index contributed by atoms with van der Waals surface area (Å²) in [5.41, 5.74) is 0.381. The van der Waals surface area contributed by atoms with Gasteiger partial charge in [0.25, 0.3) is 5.91 Å². The van der Waals surface area contributed by atoms with Gasteiger partial charge in [0.2, 0.25) is 0 Å². The van der Waals surface area contributed by atoms with E-state index < -0.39 is 11.5 Å². The fourth-order valence-electron chi connectivity index (χ4n) is 2.92. The maximum absolute atomic E-state index is 12.8. The Balaban J connectivity index is 1.88. The highest BCUT2D eigenvalue weighted by Crippen LogP contribution is 2.25. The Kier molecular flexibility index (Phi) is 5.13. The molecule has 6 nitrogen and oxygen atoms in total. The van der Waals surface area contributed by atoms with Gasteiger partial charge in [-0.2, -0.15) is 4.99 Å². The zero-order chi connectivity index (χ0) is 19.7. The van der Waals surface area contributed by atoms with E-state index in [9.17, 15) is 9.59 Å². The van der Waals surface area contributed by atoms with Gasteiger partial charge in [-0.25, -0.2) is 4.79 Å². The van der Waals surface area contributed by atoms with E-state index in [0.29, 0.717) is 33.9 Å². The van der Waals surface area contributed by atoms with Crippen molar-refractivity contribution in [2.24, 2.45) is 4.99 Å². The van der Waals surface area contributed by atoms with Gasteiger partial charge in [-0.05, 0) is 24.3 Å². The van der Waals surface area contributed by atoms with Crippen molar-refractivity contribution in [3.63, 3.8) is 0 Å². The van der Waals surface area contributed by atoms with Gasteiger partial charge in [-0.1, -0.05) is 47.2 Å². The number of hydrogen-bond donors (Lipinski definition) is 0. The molecule has 0 fully saturated rings. The van der Waals surface area contributed by atoms with E-state index in [1.807, 2.05) is 16.7 Å². The van der Waals surface area contributed by atoms with Gasteiger partial charge in [-0.3, -0.25) is 4.79 Å². The summed E-state index contributed by atoms with van der Waals surface area (Å²) >= 11 is 7.68. The molecule has 2 heterocycles. The van der Waals surface area contributed by atoms with E-state index in [1.54, 1.807) is 37.4 Å². The number of fused-ring (bicyclic) bond motifs is 2. The molecule has 4 rings (SSSR count). The third kappa shape index (κ3) is 3.40. The first kappa shape index (κ1) is 18.6. The smallest absolute Gasteiger partial charge is 0.349 e. The Morgan fingerprint density at radius 3 is 2.89 bits per heavy atom. The topological polar surface area (TPSA) is 73.8 Å². The number of nitrogens with zero attached hydrogens (tertiary/aromatic N) is 2. The van der Waals surface area contributed by atoms with Crippen LogP contribution in [0, 0.1) is 0 Å². The number of rotatable bonds is 4. The predicted molar refractivity (Wildman–Crippen MR) is 109 cm³/mol. The maximum atomic E-state index is 12.8. The van der Waals surface area contributed by atoms with Crippen LogP contribution in [-0.2, 0) is 11.3 Å². The molecule has 0 aliphatic carbocycles. The van der Waals surface area contributed by atoms with Crippen LogP contribution in [0.4, 0.5) is 0 Å². The molecule has 0 saturated carbocycles. The van der Waals surface area contributed by atoms with Crippen molar-refractivity contribution >= 4 is 50.0 Å². The average Bonchev–Trinajstić information content (AvgIpc) is 3.04. The lowest BCUT2D eigenvalue weighted by atomic mass is 10.2. The molecule has 8 heteroatoms. The molecule has 0 radical (unpaired) electrons. The number of carbonyl (C=O) groups is 1. The summed E-state index contributed by atoms with van der Waals surface area (Å²) in [4.78, 5) is 29.7. The number of ether oxygens (including phenoxy) is 1. The van der Waals surface area contributed by atoms with E-state index in [-0.39, 0.29) is 5.56 Å². The Morgan fingerprint density at radius 2 is 2.07 bits per heavy atom. The number of hydrogen-bond acceptors (Lipinski definition) is 5. The fraction of sp³-hybridized carbons (Fsp3) is 0.150. The summed E-state index contributed by atoms with van der Waals surface area (Å²) in [7, 11) is 1.60. The second-order valence-corrected chi connectivity index (χ2v) is 7.43. The van der Waals surface area contributed by atoms with Gasteiger partial charge in [-0.15, -0.1) is 0 Å². The van der Waals surface area contributed by atoms with Crippen LogP contribution in [0.15, 0.2) is 62.7 Å². The first-order valence-corrected chi connectivity index (χ1v) is 9.66. The summed E-state index contributed by atoms with van der Waals surface area (Å²) in [6, 6.07) is 14.0. The summed E-state index contributed by atoms with van der Waals surface area (Å²) in [6.07, 6.45) is 0. The molecule has 0 bridgehead atoms. The van der Waals surface area contributed by atoms with Crippen LogP contribution in [0.5, 0.6) is 0 Å². The number of aromatic nitrogens is 1. The minimum Gasteiger partial charge on any atom is -0.422 e. The van der Waals surface area contributed by atoms with Gasteiger partial charge in [0.15, 0.2) is 4.80 Å². The number of halogens is 1. The number of carbonyl (C=O) groups excluding carboxylic acids is 1. The molecular formula is C20H15ClN2O4S. The van der Waals surface area contributed by atoms with Crippen molar-refractivity contribution < 1.29 is 13.9 Å². The normalized spacial score (nSPS) is 12.1. The third-order valence-electron chi connectivity index (χ3n) is 4.24. The van der Waals surface area contributed by atoms with Crippen molar-refractivity contribution in [2.75, 3.05) is 13.7 Å². The summed E-state index contributed by atoms with van der Waals surface area (Å²) in [5, 5.41) is 1.22. The number of thiazole rings is 1. The van der Waals surface area contributed by atoms with Crippen molar-refractivity contribution in [3.05, 3.63) is 74.3 Å². The van der Waals surface area contributed by atoms with Crippen LogP contribution < -0.4 is 10.4 Å². The second-order valence-electron chi connectivity index (χ2n) is 6.02. The SMILES string of the molecule is COCCn1c(=NC(=O)c2cc3ccccc3oc2=O)sc2cccc(Cl)c21. The average molecular weight is 415 g/mol. The van der Waals surface area contributed by atoms with Crippen LogP contribution in [0.2, 0.25) is 5.02 Å². The second kappa shape index (κ2) is 7.71. The van der Waals surface area contributed by atoms with E-state index in [0.717, 1.165) is 10.2 Å². The van der Waals surface area contributed by atoms with Gasteiger partial charge < -0.3 is 13.7 Å². The Bertz CT molecular complexity index is 1320. The molecular weight excluding hydrogens is 400 g/mol. The van der Waals surface area contributed by atoms with Crippen molar-refractivity contribution in [1.82, 2.24) is 4.57 Å². The van der Waals surface area contributed by atoms with Crippen LogP contribution >= 0.6 is 22.9 Å². The van der Waals surface area contributed by atoms with E-state index in [4.69, 9.17) is 20.8 Å². The van der Waals surface area contributed by atoms with Crippen molar-refractivity contribution in [3.8, 4) is 0 Å². The van der Waals surface area contributed by atoms with Crippen LogP contribution in [-0.4, -0.2) is 24.2 Å². The zero-order valence-corrected chi connectivity index (χ0v) is 16.4. The summed E-state index contributed by atoms with van der Waals surface area (Å²) < 4.78 is 13.1. The van der Waals surface area contributed by atoms with Crippen LogP contribution in [0.3, 0.4) is 0 Å². The number of para-hydroxylation sites is 2. The highest BCUT2D eigenvalue weighted by atomic mass is 35.5. The molecule has 0 unspecified atom stereocenters. The molecule has 2 aromatic carbocycles. The monoisotopic (exact) mass is 414 g/mol.